The minimum absolute atomic E-state index is 0.00193. The smallest absolute Gasteiger partial charge is 0.331 e. The normalized spacial score (nSPS) is 27.3. The van der Waals surface area contributed by atoms with Gasteiger partial charge >= 0.3 is 5.97 Å². The van der Waals surface area contributed by atoms with Crippen LogP contribution in [0.15, 0.2) is 0 Å². The fraction of sp³-hybridized carbons (Fsp3) is 0.824. The molecule has 26 heavy (non-hydrogen) atoms. The van der Waals surface area contributed by atoms with E-state index in [1.165, 1.54) is 16.7 Å². The first-order chi connectivity index (χ1) is 12.2. The van der Waals surface area contributed by atoms with Gasteiger partial charge in [0.15, 0.2) is 6.04 Å². The molecule has 0 aromatic rings. The molecule has 0 bridgehead atoms. The first-order valence-corrected chi connectivity index (χ1v) is 8.91. The average Bonchev–Trinajstić information content (AvgIpc) is 2.70. The lowest BCUT2D eigenvalue weighted by atomic mass is 9.78. The Labute approximate surface area is 150 Å². The van der Waals surface area contributed by atoms with Crippen molar-refractivity contribution in [3.63, 3.8) is 0 Å². The monoisotopic (exact) mass is 374 g/mol. The van der Waals surface area contributed by atoms with Crippen LogP contribution in [0.5, 0.6) is 0 Å². The van der Waals surface area contributed by atoms with Crippen molar-refractivity contribution in [1.29, 1.82) is 0 Å². The lowest BCUT2D eigenvalue weighted by Gasteiger charge is -2.51. The Bertz CT molecular complexity index is 598. The van der Waals surface area contributed by atoms with Crippen molar-refractivity contribution in [1.82, 2.24) is 9.80 Å². The summed E-state index contributed by atoms with van der Waals surface area (Å²) in [5.74, 6) is -4.36. The Hall–Kier alpha value is -1.77. The molecule has 146 valence electrons. The second-order valence-corrected chi connectivity index (χ2v) is 7.38. The largest absolute Gasteiger partial charge is 0.464 e. The predicted octanol–water partition coefficient (Wildman–Crippen LogP) is 0.813. The highest BCUT2D eigenvalue weighted by Gasteiger charge is 2.55. The molecule has 0 aromatic heterocycles. The van der Waals surface area contributed by atoms with Crippen LogP contribution < -0.4 is 0 Å². The highest BCUT2D eigenvalue weighted by atomic mass is 19.3. The van der Waals surface area contributed by atoms with Crippen molar-refractivity contribution in [3.8, 4) is 0 Å². The average molecular weight is 374 g/mol. The number of carbonyl (C=O) groups excluding carboxylic acids is 3. The number of alkyl halides is 2. The van der Waals surface area contributed by atoms with Crippen molar-refractivity contribution in [3.05, 3.63) is 0 Å². The predicted molar refractivity (Wildman–Crippen MR) is 85.4 cm³/mol. The van der Waals surface area contributed by atoms with Crippen LogP contribution in [0, 0.1) is 5.92 Å². The molecule has 7 nitrogen and oxygen atoms in total. The van der Waals surface area contributed by atoms with E-state index in [1.807, 2.05) is 0 Å². The molecule has 3 rings (SSSR count). The molecular weight excluding hydrogens is 350 g/mol. The standard InChI is InChI=1S/C17H24F2N2O5/c1-3-25-15(24)13-8-26-16(4-5-21(13)11(2)22)9-20(10-16)14(23)12-6-17(18,19)7-12/h12-13H,3-10H2,1-2H3. The van der Waals surface area contributed by atoms with Crippen molar-refractivity contribution in [2.45, 2.75) is 50.7 Å². The molecule has 0 radical (unpaired) electrons. The lowest BCUT2D eigenvalue weighted by Crippen LogP contribution is -2.66. The van der Waals surface area contributed by atoms with Gasteiger partial charge in [-0.15, -0.1) is 0 Å². The third-order valence-corrected chi connectivity index (χ3v) is 5.40. The van der Waals surface area contributed by atoms with Crippen molar-refractivity contribution in [2.75, 3.05) is 32.8 Å². The van der Waals surface area contributed by atoms with E-state index in [9.17, 15) is 23.2 Å². The van der Waals surface area contributed by atoms with Crippen LogP contribution in [-0.2, 0) is 23.9 Å². The number of amides is 2. The Kier molecular flexibility index (Phi) is 4.94. The Balaban J connectivity index is 1.59. The Morgan fingerprint density at radius 3 is 2.42 bits per heavy atom. The minimum Gasteiger partial charge on any atom is -0.464 e. The number of hydrogen-bond acceptors (Lipinski definition) is 5. The zero-order chi connectivity index (χ0) is 19.1. The second kappa shape index (κ2) is 6.75. The summed E-state index contributed by atoms with van der Waals surface area (Å²) in [5.41, 5.74) is -0.628. The van der Waals surface area contributed by atoms with E-state index in [-0.39, 0.29) is 37.9 Å². The summed E-state index contributed by atoms with van der Waals surface area (Å²) in [5, 5.41) is 0. The van der Waals surface area contributed by atoms with Gasteiger partial charge in [0, 0.05) is 32.2 Å². The molecule has 2 saturated heterocycles. The molecule has 3 fully saturated rings. The first-order valence-electron chi connectivity index (χ1n) is 8.91. The van der Waals surface area contributed by atoms with Crippen molar-refractivity contribution < 1.29 is 32.6 Å². The topological polar surface area (TPSA) is 76.2 Å². The number of esters is 1. The Morgan fingerprint density at radius 2 is 1.88 bits per heavy atom. The molecule has 0 aromatic carbocycles. The van der Waals surface area contributed by atoms with E-state index in [0.29, 0.717) is 26.1 Å². The van der Waals surface area contributed by atoms with Gasteiger partial charge in [0.1, 0.15) is 5.60 Å². The summed E-state index contributed by atoms with van der Waals surface area (Å²) >= 11 is 0. The fourth-order valence-electron chi connectivity index (χ4n) is 3.86. The number of likely N-dealkylation sites (tertiary alicyclic amines) is 1. The van der Waals surface area contributed by atoms with E-state index < -0.39 is 29.5 Å². The van der Waals surface area contributed by atoms with Gasteiger partial charge in [0.2, 0.25) is 17.7 Å². The Morgan fingerprint density at radius 1 is 1.23 bits per heavy atom. The van der Waals surface area contributed by atoms with Crippen LogP contribution >= 0.6 is 0 Å². The van der Waals surface area contributed by atoms with Crippen LogP contribution in [0.1, 0.15) is 33.1 Å². The summed E-state index contributed by atoms with van der Waals surface area (Å²) in [6.07, 6.45) is -0.300. The number of hydrogen-bond donors (Lipinski definition) is 0. The van der Waals surface area contributed by atoms with Crippen LogP contribution in [0.3, 0.4) is 0 Å². The van der Waals surface area contributed by atoms with Gasteiger partial charge in [0.25, 0.3) is 0 Å². The molecule has 2 aliphatic heterocycles. The molecule has 1 unspecified atom stereocenters. The van der Waals surface area contributed by atoms with E-state index in [4.69, 9.17) is 9.47 Å². The highest BCUT2D eigenvalue weighted by molar-refractivity contribution is 5.84. The van der Waals surface area contributed by atoms with E-state index in [2.05, 4.69) is 0 Å². The van der Waals surface area contributed by atoms with E-state index in [0.717, 1.165) is 0 Å². The van der Waals surface area contributed by atoms with Gasteiger partial charge in [-0.05, 0) is 13.3 Å². The van der Waals surface area contributed by atoms with E-state index in [1.54, 1.807) is 6.92 Å². The van der Waals surface area contributed by atoms with Crippen LogP contribution in [0.4, 0.5) is 8.78 Å². The van der Waals surface area contributed by atoms with Gasteiger partial charge < -0.3 is 19.3 Å². The number of carbonyl (C=O) groups is 3. The van der Waals surface area contributed by atoms with Crippen molar-refractivity contribution >= 4 is 17.8 Å². The van der Waals surface area contributed by atoms with Gasteiger partial charge in [-0.3, -0.25) is 9.59 Å². The summed E-state index contributed by atoms with van der Waals surface area (Å²) < 4.78 is 36.8. The lowest BCUT2D eigenvalue weighted by molar-refractivity contribution is -0.188. The molecule has 2 amide bonds. The van der Waals surface area contributed by atoms with Gasteiger partial charge in [0.05, 0.1) is 26.3 Å². The third-order valence-electron chi connectivity index (χ3n) is 5.40. The molecule has 1 spiro atoms. The molecule has 3 aliphatic rings. The third kappa shape index (κ3) is 3.54. The zero-order valence-electron chi connectivity index (χ0n) is 15.0. The summed E-state index contributed by atoms with van der Waals surface area (Å²) in [4.78, 5) is 39.2. The zero-order valence-corrected chi connectivity index (χ0v) is 15.0. The van der Waals surface area contributed by atoms with Gasteiger partial charge in [-0.1, -0.05) is 0 Å². The van der Waals surface area contributed by atoms with Crippen LogP contribution in [0.2, 0.25) is 0 Å². The molecule has 1 aliphatic carbocycles. The summed E-state index contributed by atoms with van der Waals surface area (Å²) in [6.45, 7) is 4.21. The molecule has 9 heteroatoms. The highest BCUT2D eigenvalue weighted by Crippen LogP contribution is 2.44. The fourth-order valence-corrected chi connectivity index (χ4v) is 3.86. The maximum atomic E-state index is 13.0. The van der Waals surface area contributed by atoms with Crippen LogP contribution in [-0.4, -0.2) is 78.0 Å². The maximum Gasteiger partial charge on any atom is 0.331 e. The van der Waals surface area contributed by atoms with E-state index >= 15 is 0 Å². The number of ether oxygens (including phenoxy) is 2. The van der Waals surface area contributed by atoms with Crippen LogP contribution in [0.25, 0.3) is 0 Å². The SMILES string of the molecule is CCOC(=O)C1COC2(CCN1C(C)=O)CN(C(=O)C1CC(F)(F)C1)C2. The molecule has 2 heterocycles. The number of rotatable bonds is 3. The molecule has 1 atom stereocenters. The van der Waals surface area contributed by atoms with Gasteiger partial charge in [-0.25, -0.2) is 13.6 Å². The number of nitrogens with zero attached hydrogens (tertiary/aromatic N) is 2. The second-order valence-electron chi connectivity index (χ2n) is 7.38. The first kappa shape index (κ1) is 19.0. The number of halogens is 2. The quantitative estimate of drug-likeness (QED) is 0.684. The van der Waals surface area contributed by atoms with Gasteiger partial charge in [-0.2, -0.15) is 0 Å². The van der Waals surface area contributed by atoms with Crippen molar-refractivity contribution in [2.24, 2.45) is 5.92 Å². The maximum absolute atomic E-state index is 13.0. The molecule has 0 N–H and O–H groups in total. The summed E-state index contributed by atoms with van der Waals surface area (Å²) in [7, 11) is 0. The molecular formula is C17H24F2N2O5. The summed E-state index contributed by atoms with van der Waals surface area (Å²) in [6, 6.07) is -0.804. The molecule has 1 saturated carbocycles. The minimum atomic E-state index is -2.73.